The van der Waals surface area contributed by atoms with E-state index in [4.69, 9.17) is 39.5 Å². The highest BCUT2D eigenvalue weighted by atomic mass is 35.5. The van der Waals surface area contributed by atoms with Gasteiger partial charge in [-0.1, -0.05) is 47.6 Å². The molecule has 2 rings (SSSR count). The third kappa shape index (κ3) is 4.71. The van der Waals surface area contributed by atoms with Gasteiger partial charge < -0.3 is 10.1 Å². The van der Waals surface area contributed by atoms with Gasteiger partial charge >= 0.3 is 0 Å². The molecule has 19 heavy (non-hydrogen) atoms. The molecule has 1 aliphatic carbocycles. The molecule has 0 unspecified atom stereocenters. The van der Waals surface area contributed by atoms with Gasteiger partial charge in [-0.15, -0.1) is 0 Å². The van der Waals surface area contributed by atoms with Gasteiger partial charge in [-0.3, -0.25) is 0 Å². The first-order chi connectivity index (χ1) is 9.16. The summed E-state index contributed by atoms with van der Waals surface area (Å²) >= 11 is 17.9. The molecule has 0 heterocycles. The van der Waals surface area contributed by atoms with E-state index < -0.39 is 0 Å². The maximum atomic E-state index is 6.04. The molecule has 0 bridgehead atoms. The summed E-state index contributed by atoms with van der Waals surface area (Å²) in [5, 5.41) is 4.83. The van der Waals surface area contributed by atoms with Gasteiger partial charge in [-0.25, -0.2) is 0 Å². The van der Waals surface area contributed by atoms with Gasteiger partial charge in [0, 0.05) is 11.6 Å². The predicted molar refractivity (Wildman–Crippen MR) is 81.8 cm³/mol. The monoisotopic (exact) mass is 321 g/mol. The Bertz CT molecular complexity index is 396. The fourth-order valence-electron chi connectivity index (χ4n) is 2.41. The van der Waals surface area contributed by atoms with Gasteiger partial charge in [0.1, 0.15) is 6.61 Å². The zero-order valence-corrected chi connectivity index (χ0v) is 13.0. The molecule has 106 valence electrons. The quantitative estimate of drug-likeness (QED) is 0.759. The van der Waals surface area contributed by atoms with Gasteiger partial charge in [-0.2, -0.15) is 0 Å². The normalized spacial score (nSPS) is 15.9. The second-order valence-electron chi connectivity index (χ2n) is 4.90. The maximum absolute atomic E-state index is 6.04. The van der Waals surface area contributed by atoms with Crippen LogP contribution in [0.4, 0.5) is 0 Å². The van der Waals surface area contributed by atoms with Gasteiger partial charge in [0.15, 0.2) is 5.75 Å². The molecule has 0 amide bonds. The Morgan fingerprint density at radius 3 is 2.37 bits per heavy atom. The number of hydrogen-bond acceptors (Lipinski definition) is 2. The summed E-state index contributed by atoms with van der Waals surface area (Å²) in [5.74, 6) is 1.35. The molecule has 0 radical (unpaired) electrons. The highest BCUT2D eigenvalue weighted by Crippen LogP contribution is 2.35. The van der Waals surface area contributed by atoms with E-state index >= 15 is 0 Å². The smallest absolute Gasteiger partial charge is 0.156 e. The second-order valence-corrected chi connectivity index (χ2v) is 6.15. The number of benzene rings is 1. The summed E-state index contributed by atoms with van der Waals surface area (Å²) in [5.41, 5.74) is 0. The summed E-state index contributed by atoms with van der Waals surface area (Å²) in [6.45, 7) is 2.42. The Kier molecular flexibility index (Phi) is 6.08. The van der Waals surface area contributed by atoms with Crippen LogP contribution in [0, 0.1) is 5.92 Å². The molecular formula is C14H18Cl3NO. The lowest BCUT2D eigenvalue weighted by Gasteiger charge is -2.13. The van der Waals surface area contributed by atoms with E-state index in [1.165, 1.54) is 25.7 Å². The number of halogens is 3. The average Bonchev–Trinajstić information content (AvgIpc) is 2.84. The Hall–Kier alpha value is -0.150. The van der Waals surface area contributed by atoms with E-state index in [9.17, 15) is 0 Å². The molecule has 1 fully saturated rings. The molecular weight excluding hydrogens is 305 g/mol. The van der Waals surface area contributed by atoms with Crippen LogP contribution in [0.5, 0.6) is 5.75 Å². The van der Waals surface area contributed by atoms with Crippen LogP contribution in [0.1, 0.15) is 25.7 Å². The Labute approximate surface area is 129 Å². The summed E-state index contributed by atoms with van der Waals surface area (Å²) in [4.78, 5) is 0. The molecule has 1 aromatic carbocycles. The fourth-order valence-corrected chi connectivity index (χ4v) is 3.34. The third-order valence-corrected chi connectivity index (χ3v) is 4.18. The minimum absolute atomic E-state index is 0.452. The van der Waals surface area contributed by atoms with Crippen LogP contribution in [0.15, 0.2) is 12.1 Å². The van der Waals surface area contributed by atoms with Crippen molar-refractivity contribution in [1.29, 1.82) is 0 Å². The number of rotatable bonds is 6. The van der Waals surface area contributed by atoms with Crippen molar-refractivity contribution >= 4 is 34.8 Å². The van der Waals surface area contributed by atoms with E-state index in [2.05, 4.69) is 5.32 Å². The predicted octanol–water partition coefficient (Wildman–Crippen LogP) is 4.81. The zero-order valence-electron chi connectivity index (χ0n) is 10.7. The summed E-state index contributed by atoms with van der Waals surface area (Å²) in [7, 11) is 0. The van der Waals surface area contributed by atoms with Crippen molar-refractivity contribution < 1.29 is 4.74 Å². The van der Waals surface area contributed by atoms with Crippen LogP contribution in [-0.2, 0) is 0 Å². The first-order valence-corrected chi connectivity index (χ1v) is 7.78. The standard InChI is InChI=1S/C14H18Cl3NO/c15-11-7-12(16)14(13(17)8-11)19-6-5-18-9-10-3-1-2-4-10/h7-8,10,18H,1-6,9H2. The lowest BCUT2D eigenvalue weighted by atomic mass is 10.1. The van der Waals surface area contributed by atoms with Crippen molar-refractivity contribution in [3.05, 3.63) is 27.2 Å². The van der Waals surface area contributed by atoms with Crippen molar-refractivity contribution in [3.63, 3.8) is 0 Å². The largest absolute Gasteiger partial charge is 0.489 e. The first-order valence-electron chi connectivity index (χ1n) is 6.65. The van der Waals surface area contributed by atoms with Crippen molar-refractivity contribution in [2.45, 2.75) is 25.7 Å². The maximum Gasteiger partial charge on any atom is 0.156 e. The minimum atomic E-state index is 0.452. The van der Waals surface area contributed by atoms with E-state index in [0.717, 1.165) is 19.0 Å². The molecule has 2 nitrogen and oxygen atoms in total. The number of nitrogens with one attached hydrogen (secondary N) is 1. The van der Waals surface area contributed by atoms with E-state index in [-0.39, 0.29) is 0 Å². The average molecular weight is 323 g/mol. The molecule has 1 saturated carbocycles. The lowest BCUT2D eigenvalue weighted by Crippen LogP contribution is -2.26. The Morgan fingerprint density at radius 2 is 1.74 bits per heavy atom. The molecule has 5 heteroatoms. The summed E-state index contributed by atoms with van der Waals surface area (Å²) in [6.07, 6.45) is 5.45. The molecule has 0 spiro atoms. The number of hydrogen-bond donors (Lipinski definition) is 1. The van der Waals surface area contributed by atoms with E-state index in [1.807, 2.05) is 0 Å². The molecule has 0 saturated heterocycles. The fraction of sp³-hybridized carbons (Fsp3) is 0.571. The highest BCUT2D eigenvalue weighted by Gasteiger charge is 2.14. The van der Waals surface area contributed by atoms with E-state index in [1.54, 1.807) is 12.1 Å². The second kappa shape index (κ2) is 7.58. The van der Waals surface area contributed by atoms with Crippen LogP contribution in [0.25, 0.3) is 0 Å². The minimum Gasteiger partial charge on any atom is -0.489 e. The third-order valence-electron chi connectivity index (χ3n) is 3.40. The van der Waals surface area contributed by atoms with Gasteiger partial charge in [0.05, 0.1) is 10.0 Å². The van der Waals surface area contributed by atoms with Crippen LogP contribution >= 0.6 is 34.8 Å². The van der Waals surface area contributed by atoms with E-state index in [0.29, 0.717) is 27.4 Å². The van der Waals surface area contributed by atoms with Gasteiger partial charge in [0.2, 0.25) is 0 Å². The van der Waals surface area contributed by atoms with Crippen LogP contribution < -0.4 is 10.1 Å². The Balaban J connectivity index is 1.70. The molecule has 1 N–H and O–H groups in total. The molecule has 0 aliphatic heterocycles. The molecule has 0 atom stereocenters. The molecule has 0 aromatic heterocycles. The van der Waals surface area contributed by atoms with Gasteiger partial charge in [-0.05, 0) is 37.4 Å². The lowest BCUT2D eigenvalue weighted by molar-refractivity contribution is 0.309. The number of ether oxygens (including phenoxy) is 1. The van der Waals surface area contributed by atoms with Crippen LogP contribution in [0.2, 0.25) is 15.1 Å². The van der Waals surface area contributed by atoms with Crippen LogP contribution in [0.3, 0.4) is 0 Å². The van der Waals surface area contributed by atoms with Gasteiger partial charge in [0.25, 0.3) is 0 Å². The Morgan fingerprint density at radius 1 is 1.11 bits per heavy atom. The topological polar surface area (TPSA) is 21.3 Å². The molecule has 1 aliphatic rings. The molecule has 1 aromatic rings. The van der Waals surface area contributed by atoms with Crippen molar-refractivity contribution in [3.8, 4) is 5.75 Å². The van der Waals surface area contributed by atoms with Crippen LogP contribution in [-0.4, -0.2) is 19.7 Å². The highest BCUT2D eigenvalue weighted by molar-refractivity contribution is 6.40. The zero-order chi connectivity index (χ0) is 13.7. The van der Waals surface area contributed by atoms with Crippen molar-refractivity contribution in [2.75, 3.05) is 19.7 Å². The SMILES string of the molecule is Clc1cc(Cl)c(OCCNCC2CCCC2)c(Cl)c1. The summed E-state index contributed by atoms with van der Waals surface area (Å²) in [6, 6.07) is 3.27. The van der Waals surface area contributed by atoms with Crippen molar-refractivity contribution in [1.82, 2.24) is 5.32 Å². The van der Waals surface area contributed by atoms with Crippen molar-refractivity contribution in [2.24, 2.45) is 5.92 Å². The summed E-state index contributed by atoms with van der Waals surface area (Å²) < 4.78 is 5.60. The first kappa shape index (κ1) is 15.2.